The lowest BCUT2D eigenvalue weighted by Crippen LogP contribution is -2.43. The topological polar surface area (TPSA) is 61.0 Å². The van der Waals surface area contributed by atoms with Crippen LogP contribution in [0.15, 0.2) is 24.5 Å². The molecule has 1 saturated heterocycles. The van der Waals surface area contributed by atoms with Crippen LogP contribution < -0.4 is 5.32 Å². The lowest BCUT2D eigenvalue weighted by atomic mass is 9.96. The van der Waals surface area contributed by atoms with Gasteiger partial charge in [-0.3, -0.25) is 4.79 Å². The molecule has 5 heteroatoms. The summed E-state index contributed by atoms with van der Waals surface area (Å²) in [5, 5.41) is 4.05. The van der Waals surface area contributed by atoms with Gasteiger partial charge >= 0.3 is 0 Å². The van der Waals surface area contributed by atoms with Gasteiger partial charge in [0.2, 0.25) is 5.91 Å². The van der Waals surface area contributed by atoms with Gasteiger partial charge in [0.15, 0.2) is 5.82 Å². The Balaban J connectivity index is 1.72. The molecule has 0 spiro atoms. The van der Waals surface area contributed by atoms with Crippen LogP contribution in [0.1, 0.15) is 26.7 Å². The van der Waals surface area contributed by atoms with E-state index in [4.69, 9.17) is 0 Å². The molecule has 1 atom stereocenters. The van der Waals surface area contributed by atoms with Crippen molar-refractivity contribution in [2.24, 2.45) is 5.92 Å². The van der Waals surface area contributed by atoms with Crippen LogP contribution in [0.25, 0.3) is 10.9 Å². The summed E-state index contributed by atoms with van der Waals surface area (Å²) in [5.74, 6) is 0.757. The van der Waals surface area contributed by atoms with E-state index in [0.717, 1.165) is 36.8 Å². The third-order valence-electron chi connectivity index (χ3n) is 4.27. The fraction of sp³-hybridized carbons (Fsp3) is 0.500. The minimum Gasteiger partial charge on any atom is -0.358 e. The summed E-state index contributed by atoms with van der Waals surface area (Å²) < 4.78 is 0. The van der Waals surface area contributed by atoms with Gasteiger partial charge in [-0.05, 0) is 45.4 Å². The molecule has 2 aromatic heterocycles. The van der Waals surface area contributed by atoms with Gasteiger partial charge in [0.05, 0.1) is 11.4 Å². The fourth-order valence-electron chi connectivity index (χ4n) is 2.99. The zero-order chi connectivity index (χ0) is 14.8. The Bertz CT molecular complexity index is 634. The highest BCUT2D eigenvalue weighted by Gasteiger charge is 2.27. The molecule has 0 bridgehead atoms. The van der Waals surface area contributed by atoms with Crippen molar-refractivity contribution in [1.29, 1.82) is 0 Å². The highest BCUT2D eigenvalue weighted by atomic mass is 16.2. The quantitative estimate of drug-likeness (QED) is 0.912. The van der Waals surface area contributed by atoms with E-state index in [1.807, 2.05) is 18.3 Å². The number of rotatable bonds is 3. The lowest BCUT2D eigenvalue weighted by molar-refractivity contribution is -0.121. The van der Waals surface area contributed by atoms with Crippen LogP contribution in [0, 0.1) is 5.92 Å². The molecule has 1 unspecified atom stereocenters. The molecule has 3 heterocycles. The molecule has 0 aliphatic carbocycles. The Morgan fingerprint density at radius 1 is 1.48 bits per heavy atom. The standard InChI is InChI=1S/C16H22N4O/c1-11(2)20-9-3-4-13(10-20)16(21)19-15-14-12(5-7-17-14)6-8-18-15/h5-8,11,13,17H,3-4,9-10H2,1-2H3,(H,18,19,21). The number of amides is 1. The average Bonchev–Trinajstić information content (AvgIpc) is 2.97. The van der Waals surface area contributed by atoms with E-state index in [0.29, 0.717) is 11.9 Å². The van der Waals surface area contributed by atoms with Crippen LogP contribution >= 0.6 is 0 Å². The van der Waals surface area contributed by atoms with Crippen molar-refractivity contribution >= 4 is 22.6 Å². The van der Waals surface area contributed by atoms with Crippen molar-refractivity contribution < 1.29 is 4.79 Å². The number of hydrogen-bond donors (Lipinski definition) is 2. The van der Waals surface area contributed by atoms with Gasteiger partial charge in [0.1, 0.15) is 0 Å². The van der Waals surface area contributed by atoms with Gasteiger partial charge in [-0.1, -0.05) is 0 Å². The summed E-state index contributed by atoms with van der Waals surface area (Å²) in [5.41, 5.74) is 0.891. The zero-order valence-electron chi connectivity index (χ0n) is 12.6. The smallest absolute Gasteiger partial charge is 0.229 e. The van der Waals surface area contributed by atoms with E-state index in [1.165, 1.54) is 0 Å². The van der Waals surface area contributed by atoms with Crippen molar-refractivity contribution in [1.82, 2.24) is 14.9 Å². The van der Waals surface area contributed by atoms with Crippen molar-refractivity contribution in [3.05, 3.63) is 24.5 Å². The predicted molar refractivity (Wildman–Crippen MR) is 84.2 cm³/mol. The molecular formula is C16H22N4O. The van der Waals surface area contributed by atoms with Crippen LogP contribution in [-0.2, 0) is 4.79 Å². The monoisotopic (exact) mass is 286 g/mol. The van der Waals surface area contributed by atoms with Gasteiger partial charge in [-0.25, -0.2) is 4.98 Å². The number of nitrogens with one attached hydrogen (secondary N) is 2. The second-order valence-corrected chi connectivity index (χ2v) is 6.02. The van der Waals surface area contributed by atoms with Crippen molar-refractivity contribution in [2.75, 3.05) is 18.4 Å². The lowest BCUT2D eigenvalue weighted by Gasteiger charge is -2.34. The predicted octanol–water partition coefficient (Wildman–Crippen LogP) is 2.62. The number of aromatic nitrogens is 2. The third kappa shape index (κ3) is 2.93. The molecule has 1 aliphatic rings. The van der Waals surface area contributed by atoms with Crippen molar-refractivity contribution in [3.63, 3.8) is 0 Å². The Morgan fingerprint density at radius 2 is 2.33 bits per heavy atom. The molecule has 0 saturated carbocycles. The van der Waals surface area contributed by atoms with Crippen LogP contribution in [0.2, 0.25) is 0 Å². The number of aromatic amines is 1. The third-order valence-corrected chi connectivity index (χ3v) is 4.27. The Morgan fingerprint density at radius 3 is 3.14 bits per heavy atom. The highest BCUT2D eigenvalue weighted by Crippen LogP contribution is 2.23. The minimum absolute atomic E-state index is 0.0492. The van der Waals surface area contributed by atoms with E-state index in [1.54, 1.807) is 6.20 Å². The first-order valence-electron chi connectivity index (χ1n) is 7.62. The molecule has 3 rings (SSSR count). The van der Waals surface area contributed by atoms with E-state index in [9.17, 15) is 4.79 Å². The molecular weight excluding hydrogens is 264 g/mol. The van der Waals surface area contributed by atoms with Crippen LogP contribution in [-0.4, -0.2) is 39.9 Å². The van der Waals surface area contributed by atoms with E-state index < -0.39 is 0 Å². The fourth-order valence-corrected chi connectivity index (χ4v) is 2.99. The normalized spacial score (nSPS) is 20.0. The summed E-state index contributed by atoms with van der Waals surface area (Å²) in [4.78, 5) is 22.3. The average molecular weight is 286 g/mol. The first-order chi connectivity index (χ1) is 10.1. The Kier molecular flexibility index (Phi) is 3.92. The zero-order valence-corrected chi connectivity index (χ0v) is 12.6. The van der Waals surface area contributed by atoms with Crippen molar-refractivity contribution in [2.45, 2.75) is 32.7 Å². The number of piperidine rings is 1. The first kappa shape index (κ1) is 14.1. The molecule has 112 valence electrons. The maximum absolute atomic E-state index is 12.5. The van der Waals surface area contributed by atoms with E-state index >= 15 is 0 Å². The molecule has 0 radical (unpaired) electrons. The maximum Gasteiger partial charge on any atom is 0.229 e. The number of pyridine rings is 1. The molecule has 1 fully saturated rings. The number of likely N-dealkylation sites (tertiary alicyclic amines) is 1. The van der Waals surface area contributed by atoms with E-state index in [2.05, 4.69) is 34.0 Å². The largest absolute Gasteiger partial charge is 0.358 e. The van der Waals surface area contributed by atoms with Gasteiger partial charge in [-0.15, -0.1) is 0 Å². The van der Waals surface area contributed by atoms with Gasteiger partial charge in [0.25, 0.3) is 0 Å². The number of anilines is 1. The number of hydrogen-bond acceptors (Lipinski definition) is 3. The second-order valence-electron chi connectivity index (χ2n) is 6.02. The van der Waals surface area contributed by atoms with E-state index in [-0.39, 0.29) is 11.8 Å². The Hall–Kier alpha value is -1.88. The molecule has 0 aromatic carbocycles. The number of carbonyl (C=O) groups is 1. The molecule has 1 aliphatic heterocycles. The highest BCUT2D eigenvalue weighted by molar-refractivity contribution is 5.99. The van der Waals surface area contributed by atoms with Crippen LogP contribution in [0.3, 0.4) is 0 Å². The maximum atomic E-state index is 12.5. The van der Waals surface area contributed by atoms with Gasteiger partial charge < -0.3 is 15.2 Å². The molecule has 1 amide bonds. The second kappa shape index (κ2) is 5.85. The number of nitrogens with zero attached hydrogens (tertiary/aromatic N) is 2. The SMILES string of the molecule is CC(C)N1CCCC(C(=O)Nc2nccc3cc[nH]c23)C1. The summed E-state index contributed by atoms with van der Waals surface area (Å²) >= 11 is 0. The number of fused-ring (bicyclic) bond motifs is 1. The van der Waals surface area contributed by atoms with Gasteiger partial charge in [-0.2, -0.15) is 0 Å². The van der Waals surface area contributed by atoms with Gasteiger partial charge in [0, 0.05) is 30.4 Å². The number of H-pyrrole nitrogens is 1. The summed E-state index contributed by atoms with van der Waals surface area (Å²) in [6, 6.07) is 4.40. The number of carbonyl (C=O) groups excluding carboxylic acids is 1. The molecule has 2 N–H and O–H groups in total. The van der Waals surface area contributed by atoms with Crippen LogP contribution in [0.5, 0.6) is 0 Å². The van der Waals surface area contributed by atoms with Crippen molar-refractivity contribution in [3.8, 4) is 0 Å². The van der Waals surface area contributed by atoms with Crippen LogP contribution in [0.4, 0.5) is 5.82 Å². The first-order valence-corrected chi connectivity index (χ1v) is 7.62. The molecule has 2 aromatic rings. The summed E-state index contributed by atoms with van der Waals surface area (Å²) in [6.45, 7) is 6.29. The Labute approximate surface area is 124 Å². The minimum atomic E-state index is 0.0492. The molecule has 21 heavy (non-hydrogen) atoms. The summed E-state index contributed by atoms with van der Waals surface area (Å²) in [6.07, 6.45) is 5.63. The molecule has 5 nitrogen and oxygen atoms in total. The summed E-state index contributed by atoms with van der Waals surface area (Å²) in [7, 11) is 0.